The number of aldehydes is 1. The van der Waals surface area contributed by atoms with Gasteiger partial charge in [-0.15, -0.1) is 12.4 Å². The minimum Gasteiger partial charge on any atom is -0.354 e. The molecule has 4 heterocycles. The van der Waals surface area contributed by atoms with Gasteiger partial charge in [-0.05, 0) is 74.5 Å². The van der Waals surface area contributed by atoms with Crippen molar-refractivity contribution in [3.05, 3.63) is 134 Å². The van der Waals surface area contributed by atoms with E-state index in [1.54, 1.807) is 43.5 Å². The molecule has 6 rings (SSSR count). The molecular formula is C36H43ClN8O3. The summed E-state index contributed by atoms with van der Waals surface area (Å²) in [6.45, 7) is 5.03. The van der Waals surface area contributed by atoms with Gasteiger partial charge in [-0.2, -0.15) is 0 Å². The number of nitrogens with one attached hydrogen (secondary N) is 2. The number of hydrogen-bond acceptors (Lipinski definition) is 9. The fraction of sp³-hybridized carbons (Fsp3) is 0.194. The molecule has 0 spiro atoms. The van der Waals surface area contributed by atoms with Crippen LogP contribution in [0.3, 0.4) is 0 Å². The molecule has 0 aliphatic carbocycles. The molecule has 252 valence electrons. The molecule has 12 heteroatoms. The summed E-state index contributed by atoms with van der Waals surface area (Å²) in [4.78, 5) is 27.1. The number of pyridine rings is 2. The second-order valence-corrected chi connectivity index (χ2v) is 9.59. The molecule has 4 aromatic heterocycles. The van der Waals surface area contributed by atoms with Crippen molar-refractivity contribution in [3.8, 4) is 11.4 Å². The molecule has 0 radical (unpaired) electrons. The highest BCUT2D eigenvalue weighted by Crippen LogP contribution is 2.23. The Labute approximate surface area is 288 Å². The summed E-state index contributed by atoms with van der Waals surface area (Å²) in [7, 11) is 0. The average molecular weight is 671 g/mol. The van der Waals surface area contributed by atoms with E-state index in [1.807, 2.05) is 96.0 Å². The maximum absolute atomic E-state index is 10.6. The number of benzene rings is 2. The van der Waals surface area contributed by atoms with Gasteiger partial charge in [-0.25, -0.2) is 9.97 Å². The summed E-state index contributed by atoms with van der Waals surface area (Å²) < 4.78 is 15.0. The van der Waals surface area contributed by atoms with Crippen LogP contribution in [0, 0.1) is 0 Å². The van der Waals surface area contributed by atoms with Crippen molar-refractivity contribution < 1.29 is 14.3 Å². The van der Waals surface area contributed by atoms with E-state index in [4.69, 9.17) is 9.47 Å². The summed E-state index contributed by atoms with van der Waals surface area (Å²) in [6.07, 6.45) is 14.5. The fourth-order valence-corrected chi connectivity index (χ4v) is 4.33. The third kappa shape index (κ3) is 10.9. The number of imidazole rings is 2. The molecule has 6 aromatic rings. The number of ether oxygens (including phenoxy) is 2. The highest BCUT2D eigenvalue weighted by Gasteiger charge is 2.12. The Kier molecular flexibility index (Phi) is 16.2. The van der Waals surface area contributed by atoms with E-state index in [-0.39, 0.29) is 27.3 Å². The topological polar surface area (TPSA) is 121 Å². The van der Waals surface area contributed by atoms with Crippen molar-refractivity contribution in [1.29, 1.82) is 0 Å². The number of carbonyl (C=O) groups excluding carboxylic acids is 1. The molecule has 11 nitrogen and oxygen atoms in total. The summed E-state index contributed by atoms with van der Waals surface area (Å²) in [5.74, 6) is 0. The zero-order chi connectivity index (χ0) is 31.3. The molecule has 0 unspecified atom stereocenters. The Morgan fingerprint density at radius 2 is 1.23 bits per heavy atom. The first-order valence-electron chi connectivity index (χ1n) is 14.5. The van der Waals surface area contributed by atoms with E-state index in [9.17, 15) is 4.79 Å². The smallest absolute Gasteiger partial charge is 0.201 e. The Balaban J connectivity index is 0.000000320. The number of nitrogens with zero attached hydrogens (tertiary/aromatic N) is 6. The normalized spacial score (nSPS) is 9.98. The number of aromatic nitrogens is 6. The van der Waals surface area contributed by atoms with E-state index in [0.717, 1.165) is 46.1 Å². The molecule has 48 heavy (non-hydrogen) atoms. The van der Waals surface area contributed by atoms with Crippen LogP contribution in [-0.2, 0) is 9.47 Å². The van der Waals surface area contributed by atoms with Gasteiger partial charge in [0.25, 0.3) is 0 Å². The van der Waals surface area contributed by atoms with Gasteiger partial charge in [0.15, 0.2) is 6.29 Å². The number of anilines is 4. The van der Waals surface area contributed by atoms with E-state index in [0.29, 0.717) is 18.9 Å². The van der Waals surface area contributed by atoms with E-state index >= 15 is 0 Å². The van der Waals surface area contributed by atoms with E-state index in [1.165, 1.54) is 0 Å². The second-order valence-electron chi connectivity index (χ2n) is 9.59. The molecule has 0 fully saturated rings. The third-order valence-electron chi connectivity index (χ3n) is 6.45. The highest BCUT2D eigenvalue weighted by atomic mass is 35.5. The Bertz CT molecular complexity index is 1740. The summed E-state index contributed by atoms with van der Waals surface area (Å²) >= 11 is 0. The minimum absolute atomic E-state index is 0. The van der Waals surface area contributed by atoms with Gasteiger partial charge in [-0.1, -0.05) is 27.0 Å². The number of halogens is 1. The molecule has 0 saturated heterocycles. The van der Waals surface area contributed by atoms with E-state index in [2.05, 4.69) is 36.6 Å². The SMILES string of the molecule is C.C.CCOC(OCC)c1ccc(Nc2cccc(-n3ccnc3)c2)cn1.Cl.O=Cc1ccc(Nc2cccc(-n3ccnc3)c2)cn1. The van der Waals surface area contributed by atoms with Gasteiger partial charge in [0.2, 0.25) is 6.29 Å². The summed E-state index contributed by atoms with van der Waals surface area (Å²) in [6, 6.07) is 23.4. The predicted octanol–water partition coefficient (Wildman–Crippen LogP) is 8.60. The van der Waals surface area contributed by atoms with Crippen LogP contribution in [0.25, 0.3) is 11.4 Å². The number of carbonyl (C=O) groups is 1. The molecule has 0 amide bonds. The van der Waals surface area contributed by atoms with Crippen LogP contribution in [0.2, 0.25) is 0 Å². The van der Waals surface area contributed by atoms with Crippen LogP contribution in [0.4, 0.5) is 22.7 Å². The lowest BCUT2D eigenvalue weighted by molar-refractivity contribution is -0.142. The molecule has 2 N–H and O–H groups in total. The highest BCUT2D eigenvalue weighted by molar-refractivity contribution is 5.85. The molecular weight excluding hydrogens is 628 g/mol. The van der Waals surface area contributed by atoms with Gasteiger partial charge in [0, 0.05) is 60.8 Å². The standard InChI is InChI=1S/C19H22N4O2.C15H12N4O.2CH4.ClH/c1-3-24-19(25-4-2)18-9-8-16(13-21-18)22-15-6-5-7-17(12-15)23-11-10-20-14-23;20-10-14-5-4-13(9-17-14)18-12-2-1-3-15(8-12)19-7-6-16-11-19;;;/h5-14,19,22H,3-4H2,1-2H3;1-11,18H;2*1H4;1H. The van der Waals surface area contributed by atoms with Crippen molar-refractivity contribution in [2.75, 3.05) is 23.8 Å². The third-order valence-corrected chi connectivity index (χ3v) is 6.45. The lowest BCUT2D eigenvalue weighted by Crippen LogP contribution is -2.10. The predicted molar refractivity (Wildman–Crippen MR) is 194 cm³/mol. The largest absolute Gasteiger partial charge is 0.354 e. The van der Waals surface area contributed by atoms with Crippen LogP contribution in [0.15, 0.2) is 123 Å². The molecule has 0 bridgehead atoms. The second kappa shape index (κ2) is 20.0. The Morgan fingerprint density at radius 3 is 1.62 bits per heavy atom. The van der Waals surface area contributed by atoms with Crippen LogP contribution >= 0.6 is 12.4 Å². The maximum atomic E-state index is 10.6. The molecule has 0 aliphatic rings. The van der Waals surface area contributed by atoms with Crippen LogP contribution < -0.4 is 10.6 Å². The van der Waals surface area contributed by atoms with E-state index < -0.39 is 6.29 Å². The molecule has 0 saturated carbocycles. The van der Waals surface area contributed by atoms with Crippen molar-refractivity contribution >= 4 is 41.4 Å². The van der Waals surface area contributed by atoms with Crippen molar-refractivity contribution in [2.24, 2.45) is 0 Å². The monoisotopic (exact) mass is 670 g/mol. The lowest BCUT2D eigenvalue weighted by Gasteiger charge is -2.16. The van der Waals surface area contributed by atoms with Crippen LogP contribution in [0.1, 0.15) is 51.2 Å². The molecule has 0 aliphatic heterocycles. The summed E-state index contributed by atoms with van der Waals surface area (Å²) in [5.41, 5.74) is 6.90. The van der Waals surface area contributed by atoms with Gasteiger partial charge in [-0.3, -0.25) is 14.8 Å². The Hall–Kier alpha value is -5.36. The minimum atomic E-state index is -0.423. The summed E-state index contributed by atoms with van der Waals surface area (Å²) in [5, 5.41) is 6.60. The Morgan fingerprint density at radius 1 is 0.708 bits per heavy atom. The quantitative estimate of drug-likeness (QED) is 0.0973. The van der Waals surface area contributed by atoms with Crippen molar-refractivity contribution in [1.82, 2.24) is 29.1 Å². The zero-order valence-electron chi connectivity index (χ0n) is 25.4. The first kappa shape index (κ1) is 38.8. The van der Waals surface area contributed by atoms with Gasteiger partial charge >= 0.3 is 0 Å². The first-order valence-corrected chi connectivity index (χ1v) is 14.5. The van der Waals surface area contributed by atoms with Crippen LogP contribution in [0.5, 0.6) is 0 Å². The van der Waals surface area contributed by atoms with Gasteiger partial charge < -0.3 is 29.2 Å². The lowest BCUT2D eigenvalue weighted by atomic mass is 10.2. The first-order chi connectivity index (χ1) is 22.1. The average Bonchev–Trinajstić information content (AvgIpc) is 3.82. The number of rotatable bonds is 12. The maximum Gasteiger partial charge on any atom is 0.201 e. The number of hydrogen-bond donors (Lipinski definition) is 2. The molecule has 0 atom stereocenters. The molecule has 2 aromatic carbocycles. The fourth-order valence-electron chi connectivity index (χ4n) is 4.33. The zero-order valence-corrected chi connectivity index (χ0v) is 26.2. The van der Waals surface area contributed by atoms with Crippen molar-refractivity contribution in [3.63, 3.8) is 0 Å². The van der Waals surface area contributed by atoms with Gasteiger partial charge in [0.05, 0.1) is 42.1 Å². The van der Waals surface area contributed by atoms with Crippen molar-refractivity contribution in [2.45, 2.75) is 35.0 Å². The van der Waals surface area contributed by atoms with Crippen LogP contribution in [-0.4, -0.2) is 48.6 Å². The van der Waals surface area contributed by atoms with Gasteiger partial charge in [0.1, 0.15) is 5.69 Å².